The molecule has 0 radical (unpaired) electrons. The molecule has 0 bridgehead atoms. The number of carbonyl (C=O) groups excluding carboxylic acids is 1. The van der Waals surface area contributed by atoms with Crippen molar-refractivity contribution in [3.8, 4) is 11.5 Å². The summed E-state index contributed by atoms with van der Waals surface area (Å²) in [6, 6.07) is 18.9. The van der Waals surface area contributed by atoms with E-state index < -0.39 is 15.8 Å². The number of sulfonamides is 1. The van der Waals surface area contributed by atoms with E-state index in [2.05, 4.69) is 4.90 Å². The number of carbonyl (C=O) groups is 1. The maximum Gasteiger partial charge on any atom is 0.264 e. The lowest BCUT2D eigenvalue weighted by Gasteiger charge is -2.36. The first-order valence-corrected chi connectivity index (χ1v) is 13.1. The molecule has 0 spiro atoms. The zero-order valence-corrected chi connectivity index (χ0v) is 20.4. The maximum absolute atomic E-state index is 13.5. The first-order chi connectivity index (χ1) is 17.4. The van der Waals surface area contributed by atoms with E-state index in [0.29, 0.717) is 32.7 Å². The third kappa shape index (κ3) is 5.14. The first kappa shape index (κ1) is 24.1. The van der Waals surface area contributed by atoms with Crippen LogP contribution >= 0.6 is 0 Å². The van der Waals surface area contributed by atoms with Gasteiger partial charge >= 0.3 is 0 Å². The minimum Gasteiger partial charge on any atom is -0.454 e. The summed E-state index contributed by atoms with van der Waals surface area (Å²) < 4.78 is 52.2. The fraction of sp³-hybridized carbons (Fsp3) is 0.269. The lowest BCUT2D eigenvalue weighted by atomic mass is 10.1. The van der Waals surface area contributed by atoms with Crippen molar-refractivity contribution >= 4 is 21.6 Å². The highest BCUT2D eigenvalue weighted by molar-refractivity contribution is 7.92. The van der Waals surface area contributed by atoms with Crippen LogP contribution in [-0.4, -0.2) is 63.6 Å². The molecule has 2 aliphatic heterocycles. The van der Waals surface area contributed by atoms with E-state index in [0.717, 1.165) is 21.4 Å². The number of halogens is 1. The van der Waals surface area contributed by atoms with Crippen LogP contribution in [0.3, 0.4) is 0 Å². The predicted molar refractivity (Wildman–Crippen MR) is 132 cm³/mol. The highest BCUT2D eigenvalue weighted by Gasteiger charge is 2.30. The maximum atomic E-state index is 13.5. The van der Waals surface area contributed by atoms with E-state index >= 15 is 0 Å². The molecule has 3 aromatic carbocycles. The number of nitrogens with zero attached hydrogens (tertiary/aromatic N) is 3. The quantitative estimate of drug-likeness (QED) is 0.485. The Morgan fingerprint density at radius 3 is 2.31 bits per heavy atom. The van der Waals surface area contributed by atoms with Gasteiger partial charge < -0.3 is 14.4 Å². The highest BCUT2D eigenvalue weighted by Crippen LogP contribution is 2.33. The minimum absolute atomic E-state index is 0.0654. The molecule has 3 aromatic rings. The molecule has 1 amide bonds. The molecule has 36 heavy (non-hydrogen) atoms. The summed E-state index contributed by atoms with van der Waals surface area (Å²) >= 11 is 0. The molecule has 1 fully saturated rings. The van der Waals surface area contributed by atoms with E-state index in [1.807, 2.05) is 18.2 Å². The number of anilines is 1. The topological polar surface area (TPSA) is 79.4 Å². The molecule has 0 unspecified atom stereocenters. The number of piperazine rings is 1. The van der Waals surface area contributed by atoms with Gasteiger partial charge in [-0.1, -0.05) is 24.3 Å². The number of fused-ring (bicyclic) bond motifs is 1. The number of benzene rings is 3. The van der Waals surface area contributed by atoms with Gasteiger partial charge in [0.25, 0.3) is 10.0 Å². The normalized spacial score (nSPS) is 15.6. The van der Waals surface area contributed by atoms with Gasteiger partial charge in [-0.05, 0) is 54.1 Å². The van der Waals surface area contributed by atoms with E-state index in [1.54, 1.807) is 23.1 Å². The van der Waals surface area contributed by atoms with Gasteiger partial charge in [-0.2, -0.15) is 0 Å². The summed E-state index contributed by atoms with van der Waals surface area (Å²) in [7, 11) is -4.03. The fourth-order valence-corrected chi connectivity index (χ4v) is 5.75. The van der Waals surface area contributed by atoms with Crippen LogP contribution in [0.1, 0.15) is 5.56 Å². The molecule has 188 valence electrons. The Balaban J connectivity index is 1.26. The zero-order valence-electron chi connectivity index (χ0n) is 19.5. The molecule has 0 aliphatic carbocycles. The molecular formula is C26H26FN3O5S. The van der Waals surface area contributed by atoms with Crippen molar-refractivity contribution in [2.24, 2.45) is 0 Å². The van der Waals surface area contributed by atoms with Crippen molar-refractivity contribution in [3.63, 3.8) is 0 Å². The monoisotopic (exact) mass is 511 g/mol. The van der Waals surface area contributed by atoms with Crippen LogP contribution < -0.4 is 13.8 Å². The van der Waals surface area contributed by atoms with Gasteiger partial charge in [0.05, 0.1) is 10.6 Å². The summed E-state index contributed by atoms with van der Waals surface area (Å²) in [5.74, 6) is 0.689. The third-order valence-corrected chi connectivity index (χ3v) is 8.08. The Kier molecular flexibility index (Phi) is 6.80. The Hall–Kier alpha value is -3.63. The Morgan fingerprint density at radius 2 is 1.58 bits per heavy atom. The summed E-state index contributed by atoms with van der Waals surface area (Å²) in [5.41, 5.74) is 1.32. The molecular weight excluding hydrogens is 485 g/mol. The molecule has 0 aromatic heterocycles. The molecule has 2 aliphatic rings. The van der Waals surface area contributed by atoms with Crippen molar-refractivity contribution in [1.29, 1.82) is 0 Å². The van der Waals surface area contributed by atoms with Gasteiger partial charge in [-0.25, -0.2) is 12.8 Å². The Labute approximate surface area is 209 Å². The highest BCUT2D eigenvalue weighted by atomic mass is 32.2. The van der Waals surface area contributed by atoms with Crippen LogP contribution in [0.4, 0.5) is 10.1 Å². The zero-order chi connectivity index (χ0) is 25.1. The smallest absolute Gasteiger partial charge is 0.264 e. The van der Waals surface area contributed by atoms with Crippen molar-refractivity contribution < 1.29 is 27.1 Å². The van der Waals surface area contributed by atoms with Crippen LogP contribution in [0.25, 0.3) is 0 Å². The molecule has 0 N–H and O–H groups in total. The number of amides is 1. The second kappa shape index (κ2) is 10.2. The molecule has 8 nitrogen and oxygen atoms in total. The Bertz CT molecular complexity index is 1330. The second-order valence-corrected chi connectivity index (χ2v) is 10.5. The standard InChI is InChI=1S/C26H26FN3O5S/c27-21-7-9-22(10-8-21)30(36(32,33)23-4-2-1-3-5-23)18-26(31)29-14-12-28(13-15-29)17-20-6-11-24-25(16-20)35-19-34-24/h1-11,16H,12-15,17-19H2. The second-order valence-electron chi connectivity index (χ2n) is 8.65. The van der Waals surface area contributed by atoms with Crippen LogP contribution in [0.2, 0.25) is 0 Å². The van der Waals surface area contributed by atoms with Crippen LogP contribution in [-0.2, 0) is 21.4 Å². The lowest BCUT2D eigenvalue weighted by Crippen LogP contribution is -2.51. The lowest BCUT2D eigenvalue weighted by molar-refractivity contribution is -0.131. The van der Waals surface area contributed by atoms with E-state index in [4.69, 9.17) is 9.47 Å². The number of hydrogen-bond donors (Lipinski definition) is 0. The Morgan fingerprint density at radius 1 is 0.889 bits per heavy atom. The van der Waals surface area contributed by atoms with Crippen molar-refractivity contribution in [1.82, 2.24) is 9.80 Å². The average molecular weight is 512 g/mol. The summed E-state index contributed by atoms with van der Waals surface area (Å²) in [5, 5.41) is 0. The van der Waals surface area contributed by atoms with Gasteiger partial charge in [0.15, 0.2) is 11.5 Å². The van der Waals surface area contributed by atoms with E-state index in [1.165, 1.54) is 36.4 Å². The van der Waals surface area contributed by atoms with Gasteiger partial charge in [-0.3, -0.25) is 14.0 Å². The SMILES string of the molecule is O=C(CN(c1ccc(F)cc1)S(=O)(=O)c1ccccc1)N1CCN(Cc2ccc3c(c2)OCO3)CC1. The number of ether oxygens (including phenoxy) is 2. The summed E-state index contributed by atoms with van der Waals surface area (Å²) in [6.45, 7) is 2.84. The van der Waals surface area contributed by atoms with Gasteiger partial charge in [0, 0.05) is 32.7 Å². The molecule has 10 heteroatoms. The van der Waals surface area contributed by atoms with Crippen LogP contribution in [0, 0.1) is 5.82 Å². The van der Waals surface area contributed by atoms with Crippen molar-refractivity contribution in [2.75, 3.05) is 43.8 Å². The van der Waals surface area contributed by atoms with Crippen molar-refractivity contribution in [2.45, 2.75) is 11.4 Å². The number of rotatable bonds is 7. The largest absolute Gasteiger partial charge is 0.454 e. The fourth-order valence-electron chi connectivity index (χ4n) is 4.32. The molecule has 1 saturated heterocycles. The molecule has 0 atom stereocenters. The summed E-state index contributed by atoms with van der Waals surface area (Å²) in [6.07, 6.45) is 0. The van der Waals surface area contributed by atoms with E-state index in [-0.39, 0.29) is 29.8 Å². The van der Waals surface area contributed by atoms with Gasteiger partial charge in [0.1, 0.15) is 12.4 Å². The predicted octanol–water partition coefficient (Wildman–Crippen LogP) is 3.09. The molecule has 0 saturated carbocycles. The minimum atomic E-state index is -4.03. The average Bonchev–Trinajstić information content (AvgIpc) is 3.37. The summed E-state index contributed by atoms with van der Waals surface area (Å²) in [4.78, 5) is 17.2. The van der Waals surface area contributed by atoms with E-state index in [9.17, 15) is 17.6 Å². The molecule has 2 heterocycles. The van der Waals surface area contributed by atoms with Crippen LogP contribution in [0.15, 0.2) is 77.7 Å². The molecule has 5 rings (SSSR count). The van der Waals surface area contributed by atoms with Gasteiger partial charge in [0.2, 0.25) is 12.7 Å². The van der Waals surface area contributed by atoms with Gasteiger partial charge in [-0.15, -0.1) is 0 Å². The number of hydrogen-bond acceptors (Lipinski definition) is 6. The van der Waals surface area contributed by atoms with Crippen molar-refractivity contribution in [3.05, 3.63) is 84.2 Å². The van der Waals surface area contributed by atoms with Crippen LogP contribution in [0.5, 0.6) is 11.5 Å². The third-order valence-electron chi connectivity index (χ3n) is 6.29. The first-order valence-electron chi connectivity index (χ1n) is 11.6.